The van der Waals surface area contributed by atoms with Crippen LogP contribution in [0.1, 0.15) is 45.5 Å². The molecule has 0 saturated carbocycles. The fraction of sp³-hybridized carbons (Fsp3) is 0.647. The van der Waals surface area contributed by atoms with E-state index in [1.807, 2.05) is 6.20 Å². The molecule has 2 aliphatic rings. The Morgan fingerprint density at radius 3 is 2.80 bits per heavy atom. The molecule has 0 aromatic carbocycles. The Kier molecular flexibility index (Phi) is 4.53. The van der Waals surface area contributed by atoms with Crippen molar-refractivity contribution < 1.29 is 14.4 Å². The first kappa shape index (κ1) is 17.4. The third kappa shape index (κ3) is 3.25. The first-order chi connectivity index (χ1) is 11.8. The van der Waals surface area contributed by atoms with Crippen molar-refractivity contribution in [2.24, 2.45) is 0 Å². The topological polar surface area (TPSA) is 87.5 Å². The van der Waals surface area contributed by atoms with E-state index in [-0.39, 0.29) is 24.4 Å². The molecular weight excluding hydrogens is 322 g/mol. The zero-order valence-corrected chi connectivity index (χ0v) is 15.0. The van der Waals surface area contributed by atoms with E-state index in [2.05, 4.69) is 21.8 Å². The summed E-state index contributed by atoms with van der Waals surface area (Å²) in [5.74, 6) is 0.460. The quantitative estimate of drug-likeness (QED) is 0.821. The smallest absolute Gasteiger partial charge is 0.325 e. The lowest BCUT2D eigenvalue weighted by Crippen LogP contribution is -2.47. The van der Waals surface area contributed by atoms with Crippen molar-refractivity contribution in [2.45, 2.75) is 51.6 Å². The van der Waals surface area contributed by atoms with Gasteiger partial charge in [-0.2, -0.15) is 0 Å². The minimum atomic E-state index is -0.950. The molecule has 1 N–H and O–H groups in total. The van der Waals surface area contributed by atoms with Gasteiger partial charge in [0.2, 0.25) is 5.91 Å². The number of aryl methyl sites for hydroxylation is 1. The number of carbonyl (C=O) groups is 3. The summed E-state index contributed by atoms with van der Waals surface area (Å²) in [4.78, 5) is 44.0. The van der Waals surface area contributed by atoms with Crippen LogP contribution in [-0.2, 0) is 16.0 Å². The first-order valence-corrected chi connectivity index (χ1v) is 8.77. The van der Waals surface area contributed by atoms with Crippen LogP contribution in [0, 0.1) is 0 Å². The maximum absolute atomic E-state index is 12.7. The number of hydrogen-bond acceptors (Lipinski definition) is 4. The summed E-state index contributed by atoms with van der Waals surface area (Å²) in [5.41, 5.74) is -0.950. The lowest BCUT2D eigenvalue weighted by atomic mass is 10.0. The molecule has 3 rings (SSSR count). The highest BCUT2D eigenvalue weighted by Crippen LogP contribution is 2.24. The first-order valence-electron chi connectivity index (χ1n) is 8.77. The number of rotatable bonds is 4. The maximum Gasteiger partial charge on any atom is 0.325 e. The molecule has 8 nitrogen and oxygen atoms in total. The average molecular weight is 347 g/mol. The fourth-order valence-corrected chi connectivity index (χ4v) is 3.56. The number of hydrogen-bond donors (Lipinski definition) is 1. The summed E-state index contributed by atoms with van der Waals surface area (Å²) in [6.07, 6.45) is 6.47. The third-order valence-electron chi connectivity index (χ3n) is 4.95. The van der Waals surface area contributed by atoms with E-state index in [0.29, 0.717) is 13.1 Å². The average Bonchev–Trinajstić information content (AvgIpc) is 3.13. The van der Waals surface area contributed by atoms with Gasteiger partial charge in [-0.25, -0.2) is 9.78 Å². The molecule has 0 aliphatic carbocycles. The van der Waals surface area contributed by atoms with Crippen LogP contribution in [0.25, 0.3) is 0 Å². The van der Waals surface area contributed by atoms with Gasteiger partial charge in [0.05, 0.1) is 6.04 Å². The van der Waals surface area contributed by atoms with Gasteiger partial charge in [-0.15, -0.1) is 0 Å². The largest absolute Gasteiger partial charge is 0.339 e. The Hall–Kier alpha value is -2.38. The van der Waals surface area contributed by atoms with Crippen LogP contribution >= 0.6 is 0 Å². The molecule has 3 heterocycles. The number of nitrogens with one attached hydrogen (secondary N) is 1. The zero-order chi connectivity index (χ0) is 18.2. The highest BCUT2D eigenvalue weighted by Gasteiger charge is 2.45. The van der Waals surface area contributed by atoms with E-state index >= 15 is 0 Å². The number of nitrogens with zero attached hydrogens (tertiary/aromatic N) is 4. The van der Waals surface area contributed by atoms with Gasteiger partial charge in [0.15, 0.2) is 0 Å². The molecular formula is C17H25N5O3. The van der Waals surface area contributed by atoms with Gasteiger partial charge in [0, 0.05) is 31.9 Å². The Bertz CT molecular complexity index is 696. The molecule has 0 radical (unpaired) electrons. The highest BCUT2D eigenvalue weighted by molar-refractivity contribution is 6.08. The number of piperidine rings is 1. The minimum Gasteiger partial charge on any atom is -0.339 e. The van der Waals surface area contributed by atoms with Crippen LogP contribution in [0.3, 0.4) is 0 Å². The Balaban J connectivity index is 1.67. The number of carbonyl (C=O) groups excluding carboxylic acids is 3. The van der Waals surface area contributed by atoms with Crippen LogP contribution in [0.15, 0.2) is 12.4 Å². The van der Waals surface area contributed by atoms with Crippen LogP contribution in [-0.4, -0.2) is 62.4 Å². The second-order valence-corrected chi connectivity index (χ2v) is 7.19. The molecule has 0 unspecified atom stereocenters. The second-order valence-electron chi connectivity index (χ2n) is 7.19. The van der Waals surface area contributed by atoms with Gasteiger partial charge >= 0.3 is 6.03 Å². The molecule has 2 saturated heterocycles. The molecule has 2 aliphatic heterocycles. The summed E-state index contributed by atoms with van der Waals surface area (Å²) in [5, 5.41) is 2.60. The van der Waals surface area contributed by atoms with Gasteiger partial charge < -0.3 is 14.8 Å². The number of amides is 4. The van der Waals surface area contributed by atoms with Gasteiger partial charge in [0.25, 0.3) is 5.91 Å². The summed E-state index contributed by atoms with van der Waals surface area (Å²) in [6.45, 7) is 6.36. The van der Waals surface area contributed by atoms with Gasteiger partial charge in [-0.1, -0.05) is 6.92 Å². The van der Waals surface area contributed by atoms with Crippen molar-refractivity contribution in [1.82, 2.24) is 24.7 Å². The van der Waals surface area contributed by atoms with Crippen molar-refractivity contribution in [3.05, 3.63) is 18.2 Å². The van der Waals surface area contributed by atoms with Crippen LogP contribution < -0.4 is 5.32 Å². The normalized spacial score (nSPS) is 23.1. The molecule has 8 heteroatoms. The molecule has 0 bridgehead atoms. The second kappa shape index (κ2) is 6.50. The lowest BCUT2D eigenvalue weighted by Gasteiger charge is -2.34. The predicted octanol–water partition coefficient (Wildman–Crippen LogP) is 0.939. The molecule has 2 fully saturated rings. The highest BCUT2D eigenvalue weighted by atomic mass is 16.2. The number of likely N-dealkylation sites (tertiary alicyclic amines) is 1. The third-order valence-corrected chi connectivity index (χ3v) is 4.95. The van der Waals surface area contributed by atoms with Crippen molar-refractivity contribution in [3.8, 4) is 0 Å². The molecule has 136 valence electrons. The Morgan fingerprint density at radius 2 is 2.16 bits per heavy atom. The van der Waals surface area contributed by atoms with Gasteiger partial charge in [-0.05, 0) is 26.7 Å². The van der Waals surface area contributed by atoms with E-state index in [9.17, 15) is 14.4 Å². The fourth-order valence-electron chi connectivity index (χ4n) is 3.56. The van der Waals surface area contributed by atoms with E-state index < -0.39 is 11.6 Å². The zero-order valence-electron chi connectivity index (χ0n) is 15.0. The predicted molar refractivity (Wildman–Crippen MR) is 90.8 cm³/mol. The van der Waals surface area contributed by atoms with Crippen molar-refractivity contribution in [3.63, 3.8) is 0 Å². The monoisotopic (exact) mass is 347 g/mol. The number of imide groups is 1. The minimum absolute atomic E-state index is 0.190. The lowest BCUT2D eigenvalue weighted by molar-refractivity contribution is -0.139. The molecule has 4 amide bonds. The summed E-state index contributed by atoms with van der Waals surface area (Å²) >= 11 is 0. The SMILES string of the molecule is CCc1nccn1[C@@H]1CCCN(C(=O)CN2C(=O)NC(C)(C)C2=O)C1. The van der Waals surface area contributed by atoms with Crippen LogP contribution in [0.5, 0.6) is 0 Å². The summed E-state index contributed by atoms with van der Waals surface area (Å²) in [7, 11) is 0. The summed E-state index contributed by atoms with van der Waals surface area (Å²) < 4.78 is 2.14. The van der Waals surface area contributed by atoms with Gasteiger partial charge in [0.1, 0.15) is 17.9 Å². The molecule has 1 aromatic heterocycles. The Morgan fingerprint density at radius 1 is 1.40 bits per heavy atom. The van der Waals surface area contributed by atoms with Crippen molar-refractivity contribution >= 4 is 17.8 Å². The number of aromatic nitrogens is 2. The Labute approximate surface area is 147 Å². The van der Waals surface area contributed by atoms with Crippen molar-refractivity contribution in [1.29, 1.82) is 0 Å². The van der Waals surface area contributed by atoms with E-state index in [1.165, 1.54) is 0 Å². The van der Waals surface area contributed by atoms with Crippen molar-refractivity contribution in [2.75, 3.05) is 19.6 Å². The molecule has 1 aromatic rings. The summed E-state index contributed by atoms with van der Waals surface area (Å²) in [6, 6.07) is -0.311. The number of imidazole rings is 1. The van der Waals surface area contributed by atoms with Gasteiger partial charge in [-0.3, -0.25) is 14.5 Å². The number of urea groups is 1. The van der Waals surface area contributed by atoms with Crippen LogP contribution in [0.4, 0.5) is 4.79 Å². The standard InChI is InChI=1S/C17H25N5O3/c1-4-13-18-7-9-21(13)12-6-5-8-20(10-12)14(23)11-22-15(24)17(2,3)19-16(22)25/h7,9,12H,4-6,8,10-11H2,1-3H3,(H,19,25)/t12-/m1/s1. The molecule has 25 heavy (non-hydrogen) atoms. The van der Waals surface area contributed by atoms with E-state index in [0.717, 1.165) is 30.0 Å². The molecule has 1 atom stereocenters. The van der Waals surface area contributed by atoms with E-state index in [4.69, 9.17) is 0 Å². The molecule has 0 spiro atoms. The van der Waals surface area contributed by atoms with E-state index in [1.54, 1.807) is 24.9 Å². The van der Waals surface area contributed by atoms with Crippen LogP contribution in [0.2, 0.25) is 0 Å². The maximum atomic E-state index is 12.7.